The third kappa shape index (κ3) is 6.93. The van der Waals surface area contributed by atoms with Crippen LogP contribution in [0.1, 0.15) is 30.5 Å². The molecule has 2 heterocycles. The van der Waals surface area contributed by atoms with E-state index >= 15 is 0 Å². The quantitative estimate of drug-likeness (QED) is 0.122. The van der Waals surface area contributed by atoms with Gasteiger partial charge in [0.15, 0.2) is 0 Å². The van der Waals surface area contributed by atoms with Crippen LogP contribution < -0.4 is 9.64 Å². The lowest BCUT2D eigenvalue weighted by Gasteiger charge is -2.36. The van der Waals surface area contributed by atoms with Gasteiger partial charge in [-0.05, 0) is 96.7 Å². The van der Waals surface area contributed by atoms with Gasteiger partial charge in [0.05, 0.1) is 35.9 Å². The van der Waals surface area contributed by atoms with Crippen molar-refractivity contribution in [3.63, 3.8) is 0 Å². The molecule has 9 heteroatoms. The monoisotopic (exact) mass is 694 g/mol. The van der Waals surface area contributed by atoms with Crippen LogP contribution in [0, 0.1) is 17.8 Å². The molecule has 0 unspecified atom stereocenters. The minimum Gasteiger partial charge on any atom is -0.507 e. The summed E-state index contributed by atoms with van der Waals surface area (Å²) in [5.41, 5.74) is 3.79. The Morgan fingerprint density at radius 1 is 0.979 bits per heavy atom. The number of amides is 2. The van der Waals surface area contributed by atoms with Gasteiger partial charge in [-0.25, -0.2) is 0 Å². The molecule has 6 rings (SSSR count). The summed E-state index contributed by atoms with van der Waals surface area (Å²) in [5, 5.41) is 33.3. The highest BCUT2D eigenvalue weighted by Crippen LogP contribution is 2.47. The zero-order valence-electron chi connectivity index (χ0n) is 25.6. The molecule has 1 aromatic heterocycles. The first kappa shape index (κ1) is 32.4. The molecule has 1 fully saturated rings. The third-order valence-corrected chi connectivity index (χ3v) is 9.40. The number of hydrogen-bond donors (Lipinski definition) is 3. The van der Waals surface area contributed by atoms with Crippen LogP contribution in [0.2, 0.25) is 0 Å². The van der Waals surface area contributed by atoms with Crippen molar-refractivity contribution < 1.29 is 29.6 Å². The number of hydrogen-bond acceptors (Lipinski definition) is 7. The molecule has 47 heavy (non-hydrogen) atoms. The topological polar surface area (TPSA) is 120 Å². The van der Waals surface area contributed by atoms with Crippen molar-refractivity contribution in [2.24, 2.45) is 17.8 Å². The maximum absolute atomic E-state index is 13.9. The number of anilines is 1. The summed E-state index contributed by atoms with van der Waals surface area (Å²) in [7, 11) is 0. The number of phenols is 1. The Kier molecular flexibility index (Phi) is 9.96. The predicted molar refractivity (Wildman–Crippen MR) is 183 cm³/mol. The van der Waals surface area contributed by atoms with Crippen LogP contribution >= 0.6 is 15.9 Å². The number of para-hydroxylation sites is 2. The number of phenolic OH excluding ortho intramolecular Hbond substituents is 1. The lowest BCUT2D eigenvalue weighted by Crippen LogP contribution is -2.40. The maximum atomic E-state index is 13.9. The average molecular weight is 696 g/mol. The Morgan fingerprint density at radius 3 is 2.40 bits per heavy atom. The second-order valence-corrected chi connectivity index (χ2v) is 12.7. The maximum Gasteiger partial charge on any atom is 0.238 e. The summed E-state index contributed by atoms with van der Waals surface area (Å²) in [6.45, 7) is -0.323. The number of aliphatic hydroxyl groups is 2. The number of nitrogens with zero attached hydrogens (tertiary/aromatic N) is 2. The summed E-state index contributed by atoms with van der Waals surface area (Å²) in [6, 6.07) is 28.8. The highest BCUT2D eigenvalue weighted by Gasteiger charge is 2.55. The van der Waals surface area contributed by atoms with Crippen LogP contribution in [0.25, 0.3) is 11.6 Å². The van der Waals surface area contributed by atoms with E-state index in [1.54, 1.807) is 48.7 Å². The number of fused-ring (bicyclic) bond motifs is 1. The predicted octanol–water partition coefficient (Wildman–Crippen LogP) is 6.43. The van der Waals surface area contributed by atoms with Gasteiger partial charge in [-0.1, -0.05) is 58.4 Å². The molecule has 1 aliphatic carbocycles. The number of carbonyl (C=O) groups excluding carboxylic acids is 2. The van der Waals surface area contributed by atoms with E-state index < -0.39 is 30.5 Å². The van der Waals surface area contributed by atoms with E-state index in [0.29, 0.717) is 40.3 Å². The number of aromatic nitrogens is 1. The van der Waals surface area contributed by atoms with Crippen LogP contribution in [-0.2, 0) is 9.59 Å². The number of halogens is 1. The molecule has 3 N–H and O–H groups in total. The largest absolute Gasteiger partial charge is 0.507 e. The number of rotatable bonds is 11. The molecular weight excluding hydrogens is 660 g/mol. The van der Waals surface area contributed by atoms with Crippen molar-refractivity contribution in [1.29, 1.82) is 0 Å². The molecule has 4 aromatic rings. The zero-order valence-corrected chi connectivity index (χ0v) is 27.2. The number of aromatic hydroxyl groups is 1. The molecule has 3 aromatic carbocycles. The van der Waals surface area contributed by atoms with E-state index in [0.717, 1.165) is 10.0 Å². The Labute approximate surface area is 281 Å². The molecule has 0 radical (unpaired) electrons. The minimum absolute atomic E-state index is 0.0950. The summed E-state index contributed by atoms with van der Waals surface area (Å²) in [5.74, 6) is -2.24. The van der Waals surface area contributed by atoms with Gasteiger partial charge in [0, 0.05) is 22.2 Å². The molecular formula is C38H35BrN2O6. The lowest BCUT2D eigenvalue weighted by molar-refractivity contribution is -0.123. The molecule has 8 nitrogen and oxygen atoms in total. The van der Waals surface area contributed by atoms with E-state index in [2.05, 4.69) is 20.9 Å². The number of carbonyl (C=O) groups is 2. The summed E-state index contributed by atoms with van der Waals surface area (Å²) in [6.07, 6.45) is 3.31. The fourth-order valence-corrected chi connectivity index (χ4v) is 7.09. The molecule has 0 saturated carbocycles. The first-order valence-corrected chi connectivity index (χ1v) is 16.4. The first-order valence-electron chi connectivity index (χ1n) is 15.6. The normalized spacial score (nSPS) is 20.4. The van der Waals surface area contributed by atoms with Gasteiger partial charge < -0.3 is 20.1 Å². The van der Waals surface area contributed by atoms with Gasteiger partial charge in [0.2, 0.25) is 11.8 Å². The number of imide groups is 1. The van der Waals surface area contributed by atoms with Crippen molar-refractivity contribution in [2.75, 3.05) is 18.1 Å². The molecule has 1 saturated heterocycles. The van der Waals surface area contributed by atoms with Crippen molar-refractivity contribution in [3.8, 4) is 11.5 Å². The van der Waals surface area contributed by atoms with Crippen molar-refractivity contribution >= 4 is 45.1 Å². The second-order valence-electron chi connectivity index (χ2n) is 11.8. The van der Waals surface area contributed by atoms with Crippen LogP contribution in [0.5, 0.6) is 11.5 Å². The Hall–Kier alpha value is -4.57. The molecule has 2 amide bonds. The van der Waals surface area contributed by atoms with Crippen LogP contribution in [0.15, 0.2) is 119 Å². The smallest absolute Gasteiger partial charge is 0.238 e. The van der Waals surface area contributed by atoms with Gasteiger partial charge in [0.25, 0.3) is 0 Å². The summed E-state index contributed by atoms with van der Waals surface area (Å²) >= 11 is 3.47. The minimum atomic E-state index is -1.06. The Bertz CT molecular complexity index is 1800. The lowest BCUT2D eigenvalue weighted by atomic mass is 9.68. The van der Waals surface area contributed by atoms with Crippen LogP contribution in [0.3, 0.4) is 0 Å². The van der Waals surface area contributed by atoms with Gasteiger partial charge in [-0.15, -0.1) is 0 Å². The Morgan fingerprint density at radius 2 is 1.70 bits per heavy atom. The molecule has 0 spiro atoms. The molecule has 4 atom stereocenters. The molecule has 240 valence electrons. The van der Waals surface area contributed by atoms with E-state index in [9.17, 15) is 24.9 Å². The van der Waals surface area contributed by atoms with Crippen molar-refractivity contribution in [1.82, 2.24) is 4.98 Å². The summed E-state index contributed by atoms with van der Waals surface area (Å²) in [4.78, 5) is 33.4. The molecule has 2 aliphatic rings. The van der Waals surface area contributed by atoms with E-state index in [-0.39, 0.29) is 37.0 Å². The highest BCUT2D eigenvalue weighted by atomic mass is 79.9. The fraction of sp³-hybridized carbons (Fsp3) is 0.237. The Balaban J connectivity index is 1.34. The fourth-order valence-electron chi connectivity index (χ4n) is 6.71. The van der Waals surface area contributed by atoms with Crippen LogP contribution in [0.4, 0.5) is 5.69 Å². The van der Waals surface area contributed by atoms with Gasteiger partial charge >= 0.3 is 0 Å². The van der Waals surface area contributed by atoms with Gasteiger partial charge in [-0.3, -0.25) is 19.5 Å². The third-order valence-electron chi connectivity index (χ3n) is 8.91. The van der Waals surface area contributed by atoms with Crippen LogP contribution in [-0.4, -0.2) is 51.4 Å². The van der Waals surface area contributed by atoms with Crippen molar-refractivity contribution in [2.45, 2.75) is 25.4 Å². The number of aliphatic hydroxyl groups excluding tert-OH is 2. The highest BCUT2D eigenvalue weighted by molar-refractivity contribution is 9.10. The van der Waals surface area contributed by atoms with E-state index in [1.807, 2.05) is 60.7 Å². The second kappa shape index (κ2) is 14.5. The SMILES string of the molecule is O=C1[C@@H]2[C@@H](CC(COc3ccccc3)=C([C@H](O)CC/C(=C/c3cc(Br)ccc3O)c3ccccn3)[C@@H]2CO)C(=O)N1c1ccccc1. The van der Waals surface area contributed by atoms with Crippen molar-refractivity contribution in [3.05, 3.63) is 130 Å². The van der Waals surface area contributed by atoms with E-state index in [4.69, 9.17) is 4.74 Å². The van der Waals surface area contributed by atoms with E-state index in [1.165, 1.54) is 4.90 Å². The zero-order chi connectivity index (χ0) is 32.9. The van der Waals surface area contributed by atoms with Gasteiger partial charge in [0.1, 0.15) is 18.1 Å². The van der Waals surface area contributed by atoms with Gasteiger partial charge in [-0.2, -0.15) is 0 Å². The molecule has 1 aliphatic heterocycles. The number of benzene rings is 3. The number of allylic oxidation sites excluding steroid dienone is 1. The molecule has 0 bridgehead atoms. The number of ether oxygens (including phenoxy) is 1. The number of pyridine rings is 1. The first-order chi connectivity index (χ1) is 22.9. The average Bonchev–Trinajstić information content (AvgIpc) is 3.35. The summed E-state index contributed by atoms with van der Waals surface area (Å²) < 4.78 is 6.93. The standard InChI is InChI=1S/C38H35BrN2O6/c39-27-15-17-33(43)25(20-27)19-24(32-13-7-8-18-40-32)14-16-34(44)35-26(23-47-29-11-5-2-6-12-29)21-30-36(31(35)22-42)38(46)41(37(30)45)28-9-3-1-4-10-28/h1-13,15,17-20,30-31,34,36,42-44H,14,16,21-23H2/b24-19-/t30-,31+,34-,36-/m1/s1.